The topological polar surface area (TPSA) is 79.2 Å². The van der Waals surface area contributed by atoms with Gasteiger partial charge in [0.05, 0.1) is 12.2 Å². The molecule has 8 nitrogen and oxygen atoms in total. The number of nitrogens with one attached hydrogen (secondary N) is 1. The normalized spacial score (nSPS) is 14.8. The largest absolute Gasteiger partial charge is 0.353 e. The Morgan fingerprint density at radius 3 is 2.31 bits per heavy atom. The van der Waals surface area contributed by atoms with Gasteiger partial charge < -0.3 is 10.2 Å². The van der Waals surface area contributed by atoms with Gasteiger partial charge in [0, 0.05) is 43.1 Å². The minimum atomic E-state index is -0.0283. The van der Waals surface area contributed by atoms with E-state index in [1.807, 2.05) is 31.3 Å². The molecule has 1 saturated heterocycles. The molecule has 1 amide bonds. The summed E-state index contributed by atoms with van der Waals surface area (Å²) in [4.78, 5) is 16.6. The average Bonchev–Trinajstić information content (AvgIpc) is 3.17. The minimum absolute atomic E-state index is 0.0283. The van der Waals surface area contributed by atoms with Gasteiger partial charge in [0.1, 0.15) is 0 Å². The van der Waals surface area contributed by atoms with Crippen molar-refractivity contribution in [2.45, 2.75) is 6.92 Å². The van der Waals surface area contributed by atoms with Gasteiger partial charge in [0.2, 0.25) is 5.91 Å². The molecule has 1 aromatic carbocycles. The number of anilines is 2. The van der Waals surface area contributed by atoms with Crippen molar-refractivity contribution in [3.8, 4) is 5.82 Å². The minimum Gasteiger partial charge on any atom is -0.353 e. The molecule has 0 radical (unpaired) electrons. The van der Waals surface area contributed by atoms with Gasteiger partial charge in [0.15, 0.2) is 11.6 Å². The highest BCUT2D eigenvalue weighted by molar-refractivity contribution is 6.30. The third-order valence-corrected chi connectivity index (χ3v) is 5.04. The van der Waals surface area contributed by atoms with Crippen LogP contribution in [0.25, 0.3) is 5.82 Å². The van der Waals surface area contributed by atoms with Crippen LogP contribution in [0.3, 0.4) is 0 Å². The molecular weight excluding hydrogens is 390 g/mol. The highest BCUT2D eigenvalue weighted by Crippen LogP contribution is 2.15. The number of hydrogen-bond acceptors (Lipinski definition) is 6. The van der Waals surface area contributed by atoms with Crippen molar-refractivity contribution in [1.82, 2.24) is 24.9 Å². The molecule has 0 bridgehead atoms. The van der Waals surface area contributed by atoms with Crippen molar-refractivity contribution in [2.75, 3.05) is 42.9 Å². The summed E-state index contributed by atoms with van der Waals surface area (Å²) in [6.07, 6.45) is 1.87. The fourth-order valence-corrected chi connectivity index (χ4v) is 3.35. The number of carbonyl (C=O) groups excluding carboxylic acids is 1. The van der Waals surface area contributed by atoms with Crippen molar-refractivity contribution in [1.29, 1.82) is 0 Å². The molecule has 0 saturated carbocycles. The van der Waals surface area contributed by atoms with Gasteiger partial charge in [-0.25, -0.2) is 4.68 Å². The van der Waals surface area contributed by atoms with Crippen LogP contribution in [-0.4, -0.2) is 63.5 Å². The van der Waals surface area contributed by atoms with Crippen molar-refractivity contribution in [3.63, 3.8) is 0 Å². The van der Waals surface area contributed by atoms with E-state index >= 15 is 0 Å². The zero-order valence-corrected chi connectivity index (χ0v) is 16.9. The molecule has 1 fully saturated rings. The maximum absolute atomic E-state index is 12.3. The van der Waals surface area contributed by atoms with E-state index in [1.54, 1.807) is 28.9 Å². The van der Waals surface area contributed by atoms with Crippen LogP contribution in [-0.2, 0) is 4.79 Å². The first-order valence-electron chi connectivity index (χ1n) is 9.46. The second kappa shape index (κ2) is 8.59. The SMILES string of the molecule is Cc1ccn(-c2ccc(N3CCN(CC(=O)Nc4ccc(Cl)cc4)CC3)nn2)n1. The van der Waals surface area contributed by atoms with E-state index in [2.05, 4.69) is 30.4 Å². The van der Waals surface area contributed by atoms with Crippen LogP contribution in [0.15, 0.2) is 48.7 Å². The monoisotopic (exact) mass is 411 g/mol. The molecule has 0 spiro atoms. The van der Waals surface area contributed by atoms with Gasteiger partial charge in [-0.15, -0.1) is 10.2 Å². The molecule has 29 heavy (non-hydrogen) atoms. The molecule has 1 aliphatic rings. The summed E-state index contributed by atoms with van der Waals surface area (Å²) in [5.41, 5.74) is 1.69. The first-order chi connectivity index (χ1) is 14.1. The highest BCUT2D eigenvalue weighted by Gasteiger charge is 2.20. The van der Waals surface area contributed by atoms with Crippen LogP contribution >= 0.6 is 11.6 Å². The predicted molar refractivity (Wildman–Crippen MR) is 113 cm³/mol. The summed E-state index contributed by atoms with van der Waals surface area (Å²) in [6, 6.07) is 12.9. The summed E-state index contributed by atoms with van der Waals surface area (Å²) >= 11 is 5.87. The number of nitrogens with zero attached hydrogens (tertiary/aromatic N) is 6. The highest BCUT2D eigenvalue weighted by atomic mass is 35.5. The van der Waals surface area contributed by atoms with Crippen molar-refractivity contribution >= 4 is 29.0 Å². The fourth-order valence-electron chi connectivity index (χ4n) is 3.22. The van der Waals surface area contributed by atoms with Crippen molar-refractivity contribution in [2.24, 2.45) is 0 Å². The Morgan fingerprint density at radius 2 is 1.69 bits per heavy atom. The Kier molecular flexibility index (Phi) is 5.73. The molecule has 1 N–H and O–H groups in total. The number of aryl methyl sites for hydroxylation is 1. The average molecular weight is 412 g/mol. The Bertz CT molecular complexity index is 963. The van der Waals surface area contributed by atoms with E-state index in [-0.39, 0.29) is 5.91 Å². The number of carbonyl (C=O) groups is 1. The Balaban J connectivity index is 1.27. The Hall–Kier alpha value is -2.97. The molecule has 1 aliphatic heterocycles. The summed E-state index contributed by atoms with van der Waals surface area (Å²) in [6.45, 7) is 5.46. The van der Waals surface area contributed by atoms with Crippen LogP contribution in [0.4, 0.5) is 11.5 Å². The zero-order chi connectivity index (χ0) is 20.2. The zero-order valence-electron chi connectivity index (χ0n) is 16.1. The van der Waals surface area contributed by atoms with Gasteiger partial charge in [0.25, 0.3) is 0 Å². The number of rotatable bonds is 5. The first kappa shape index (κ1) is 19.4. The van der Waals surface area contributed by atoms with E-state index in [4.69, 9.17) is 11.6 Å². The van der Waals surface area contributed by atoms with Crippen LogP contribution in [0, 0.1) is 6.92 Å². The van der Waals surface area contributed by atoms with Crippen LogP contribution < -0.4 is 10.2 Å². The third-order valence-electron chi connectivity index (χ3n) is 4.79. The van der Waals surface area contributed by atoms with Crippen LogP contribution in [0.5, 0.6) is 0 Å². The first-order valence-corrected chi connectivity index (χ1v) is 9.84. The van der Waals surface area contributed by atoms with E-state index in [0.29, 0.717) is 17.4 Å². The number of halogens is 1. The van der Waals surface area contributed by atoms with Gasteiger partial charge in [-0.2, -0.15) is 5.10 Å². The summed E-state index contributed by atoms with van der Waals surface area (Å²) in [7, 11) is 0. The van der Waals surface area contributed by atoms with E-state index < -0.39 is 0 Å². The van der Waals surface area contributed by atoms with Gasteiger partial charge in [-0.3, -0.25) is 9.69 Å². The number of hydrogen-bond donors (Lipinski definition) is 1. The quantitative estimate of drug-likeness (QED) is 0.694. The third kappa shape index (κ3) is 4.90. The maximum Gasteiger partial charge on any atom is 0.238 e. The standard InChI is InChI=1S/C20H22ClN7O/c1-15-8-9-28(25-15)19-7-6-18(23-24-19)27-12-10-26(11-13-27)14-20(29)22-17-4-2-16(21)3-5-17/h2-9H,10-14H2,1H3,(H,22,29). The number of amides is 1. The smallest absolute Gasteiger partial charge is 0.238 e. The molecule has 3 aromatic rings. The lowest BCUT2D eigenvalue weighted by atomic mass is 10.3. The second-order valence-corrected chi connectivity index (χ2v) is 7.41. The molecule has 150 valence electrons. The van der Waals surface area contributed by atoms with Crippen LogP contribution in [0.1, 0.15) is 5.69 Å². The van der Waals surface area contributed by atoms with E-state index in [9.17, 15) is 4.79 Å². The fraction of sp³-hybridized carbons (Fsp3) is 0.300. The van der Waals surface area contributed by atoms with Crippen molar-refractivity contribution in [3.05, 3.63) is 59.4 Å². The predicted octanol–water partition coefficient (Wildman–Crippen LogP) is 2.38. The van der Waals surface area contributed by atoms with Crippen LogP contribution in [0.2, 0.25) is 5.02 Å². The molecular formula is C20H22ClN7O. The lowest BCUT2D eigenvalue weighted by Gasteiger charge is -2.34. The molecule has 4 rings (SSSR count). The number of aromatic nitrogens is 4. The van der Waals surface area contributed by atoms with Gasteiger partial charge >= 0.3 is 0 Å². The second-order valence-electron chi connectivity index (χ2n) is 6.97. The Morgan fingerprint density at radius 1 is 1.00 bits per heavy atom. The lowest BCUT2D eigenvalue weighted by Crippen LogP contribution is -2.49. The molecule has 0 atom stereocenters. The van der Waals surface area contributed by atoms with Gasteiger partial charge in [-0.1, -0.05) is 11.6 Å². The number of benzene rings is 1. The Labute approximate surface area is 174 Å². The summed E-state index contributed by atoms with van der Waals surface area (Å²) in [5, 5.41) is 16.5. The lowest BCUT2D eigenvalue weighted by molar-refractivity contribution is -0.117. The molecule has 0 aliphatic carbocycles. The molecule has 2 aromatic heterocycles. The maximum atomic E-state index is 12.3. The number of piperazine rings is 1. The molecule has 9 heteroatoms. The van der Waals surface area contributed by atoms with E-state index in [1.165, 1.54) is 0 Å². The summed E-state index contributed by atoms with van der Waals surface area (Å²) < 4.78 is 1.71. The molecule has 0 unspecified atom stereocenters. The van der Waals surface area contributed by atoms with Gasteiger partial charge in [-0.05, 0) is 49.4 Å². The van der Waals surface area contributed by atoms with E-state index in [0.717, 1.165) is 43.4 Å². The summed E-state index contributed by atoms with van der Waals surface area (Å²) in [5.74, 6) is 1.50. The van der Waals surface area contributed by atoms with Crippen molar-refractivity contribution < 1.29 is 4.79 Å². The molecule has 3 heterocycles.